The van der Waals surface area contributed by atoms with E-state index >= 15 is 0 Å². The molecule has 1 saturated heterocycles. The van der Waals surface area contributed by atoms with Gasteiger partial charge in [0.25, 0.3) is 0 Å². The van der Waals surface area contributed by atoms with Crippen LogP contribution in [0.5, 0.6) is 0 Å². The molecule has 0 saturated carbocycles. The summed E-state index contributed by atoms with van der Waals surface area (Å²) in [5.41, 5.74) is 0.953. The van der Waals surface area contributed by atoms with Gasteiger partial charge in [0.05, 0.1) is 12.5 Å². The highest BCUT2D eigenvalue weighted by Crippen LogP contribution is 2.43. The number of ether oxygens (including phenoxy) is 2. The Morgan fingerprint density at radius 1 is 1.31 bits per heavy atom. The van der Waals surface area contributed by atoms with Gasteiger partial charge in [0.1, 0.15) is 5.76 Å². The number of carbonyl (C=O) groups is 1. The number of carbonyl (C=O) groups excluding carboxylic acids is 1. The Bertz CT molecular complexity index is 293. The highest BCUT2D eigenvalue weighted by molar-refractivity contribution is 5.97. The second-order valence-electron chi connectivity index (χ2n) is 3.87. The molecule has 0 amide bonds. The van der Waals surface area contributed by atoms with Crippen molar-refractivity contribution < 1.29 is 14.3 Å². The zero-order chi connectivity index (χ0) is 8.84. The maximum absolute atomic E-state index is 11.6. The number of ketones is 1. The van der Waals surface area contributed by atoms with E-state index in [9.17, 15) is 4.79 Å². The van der Waals surface area contributed by atoms with Gasteiger partial charge < -0.3 is 9.47 Å². The minimum absolute atomic E-state index is 0.132. The zero-order valence-corrected chi connectivity index (χ0v) is 7.41. The van der Waals surface area contributed by atoms with E-state index in [-0.39, 0.29) is 12.2 Å². The molecule has 2 aliphatic heterocycles. The number of Topliss-reactive ketones (excluding diaryl/α,β-unsaturated/α-hetero) is 1. The van der Waals surface area contributed by atoms with E-state index in [1.54, 1.807) is 0 Å². The average molecular weight is 180 g/mol. The van der Waals surface area contributed by atoms with Crippen LogP contribution in [0.4, 0.5) is 0 Å². The molecule has 1 aliphatic carbocycles. The first-order valence-electron chi connectivity index (χ1n) is 4.91. The second-order valence-corrected chi connectivity index (χ2v) is 3.87. The lowest BCUT2D eigenvalue weighted by Crippen LogP contribution is -2.17. The number of fused-ring (bicyclic) bond motifs is 2. The van der Waals surface area contributed by atoms with Crippen molar-refractivity contribution in [3.8, 4) is 0 Å². The molecule has 1 fully saturated rings. The van der Waals surface area contributed by atoms with Gasteiger partial charge in [-0.15, -0.1) is 0 Å². The Hall–Kier alpha value is -0.830. The molecule has 0 aromatic carbocycles. The summed E-state index contributed by atoms with van der Waals surface area (Å²) in [6.45, 7) is 0.736. The summed E-state index contributed by atoms with van der Waals surface area (Å²) >= 11 is 0. The molecule has 0 spiro atoms. The van der Waals surface area contributed by atoms with Crippen LogP contribution in [0, 0.1) is 5.92 Å². The Balaban J connectivity index is 1.98. The summed E-state index contributed by atoms with van der Waals surface area (Å²) in [6.07, 6.45) is 3.39. The summed E-state index contributed by atoms with van der Waals surface area (Å²) in [7, 11) is 0. The Morgan fingerprint density at radius 2 is 2.23 bits per heavy atom. The quantitative estimate of drug-likeness (QED) is 0.565. The van der Waals surface area contributed by atoms with Crippen molar-refractivity contribution in [2.75, 3.05) is 6.61 Å². The van der Waals surface area contributed by atoms with E-state index in [0.717, 1.165) is 37.2 Å². The van der Waals surface area contributed by atoms with Crippen LogP contribution in [0.15, 0.2) is 11.3 Å². The molecule has 0 N–H and O–H groups in total. The van der Waals surface area contributed by atoms with Crippen molar-refractivity contribution in [3.05, 3.63) is 11.3 Å². The molecule has 13 heavy (non-hydrogen) atoms. The zero-order valence-electron chi connectivity index (χ0n) is 7.41. The summed E-state index contributed by atoms with van der Waals surface area (Å²) < 4.78 is 11.0. The molecule has 3 heteroatoms. The van der Waals surface area contributed by atoms with Gasteiger partial charge in [0.15, 0.2) is 5.78 Å². The summed E-state index contributed by atoms with van der Waals surface area (Å²) in [5, 5.41) is 0. The van der Waals surface area contributed by atoms with Gasteiger partial charge in [-0.1, -0.05) is 0 Å². The summed E-state index contributed by atoms with van der Waals surface area (Å²) in [5.74, 6) is 1.47. The van der Waals surface area contributed by atoms with Gasteiger partial charge in [-0.25, -0.2) is 0 Å². The van der Waals surface area contributed by atoms with E-state index in [0.29, 0.717) is 12.2 Å². The minimum Gasteiger partial charge on any atom is -0.468 e. The molecule has 2 unspecified atom stereocenters. The smallest absolute Gasteiger partial charge is 0.206 e. The van der Waals surface area contributed by atoms with Gasteiger partial charge in [-0.3, -0.25) is 4.79 Å². The largest absolute Gasteiger partial charge is 0.468 e. The fraction of sp³-hybridized carbons (Fsp3) is 0.700. The Morgan fingerprint density at radius 3 is 3.15 bits per heavy atom. The maximum atomic E-state index is 11.6. The Kier molecular flexibility index (Phi) is 1.50. The van der Waals surface area contributed by atoms with Crippen molar-refractivity contribution in [1.29, 1.82) is 0 Å². The molecular formula is C10H12O3. The van der Waals surface area contributed by atoms with Gasteiger partial charge in [0, 0.05) is 18.4 Å². The molecule has 3 aliphatic rings. The lowest BCUT2D eigenvalue weighted by molar-refractivity contribution is -0.116. The average Bonchev–Trinajstić information content (AvgIpc) is 2.62. The van der Waals surface area contributed by atoms with Crippen molar-refractivity contribution in [1.82, 2.24) is 0 Å². The van der Waals surface area contributed by atoms with E-state index in [1.165, 1.54) is 0 Å². The predicted molar refractivity (Wildman–Crippen MR) is 44.8 cm³/mol. The molecule has 3 rings (SSSR count). The van der Waals surface area contributed by atoms with Crippen LogP contribution >= 0.6 is 0 Å². The number of rotatable bonds is 0. The third-order valence-electron chi connectivity index (χ3n) is 3.08. The SMILES string of the molecule is O=C1CCCC2=C1C1CCOC1O2. The van der Waals surface area contributed by atoms with Crippen molar-refractivity contribution in [3.63, 3.8) is 0 Å². The second kappa shape index (κ2) is 2.58. The summed E-state index contributed by atoms with van der Waals surface area (Å²) in [4.78, 5) is 11.6. The van der Waals surface area contributed by atoms with Crippen molar-refractivity contribution in [2.45, 2.75) is 32.0 Å². The molecule has 0 radical (unpaired) electrons. The minimum atomic E-state index is -0.132. The van der Waals surface area contributed by atoms with Crippen LogP contribution in [0.3, 0.4) is 0 Å². The van der Waals surface area contributed by atoms with Crippen LogP contribution in [0.25, 0.3) is 0 Å². The van der Waals surface area contributed by atoms with E-state index < -0.39 is 0 Å². The van der Waals surface area contributed by atoms with Crippen LogP contribution in [0.1, 0.15) is 25.7 Å². The normalized spacial score (nSPS) is 37.4. The lowest BCUT2D eigenvalue weighted by atomic mass is 9.88. The molecule has 2 heterocycles. The van der Waals surface area contributed by atoms with E-state index in [1.807, 2.05) is 0 Å². The number of allylic oxidation sites excluding steroid dienone is 1. The third-order valence-corrected chi connectivity index (χ3v) is 3.08. The maximum Gasteiger partial charge on any atom is 0.206 e. The first-order valence-corrected chi connectivity index (χ1v) is 4.91. The van der Waals surface area contributed by atoms with Crippen molar-refractivity contribution in [2.24, 2.45) is 5.92 Å². The number of hydrogen-bond donors (Lipinski definition) is 0. The number of hydrogen-bond acceptors (Lipinski definition) is 3. The first-order chi connectivity index (χ1) is 6.36. The molecular weight excluding hydrogens is 168 g/mol. The fourth-order valence-electron chi connectivity index (χ4n) is 2.47. The molecule has 3 nitrogen and oxygen atoms in total. The molecule has 0 aromatic rings. The predicted octanol–water partition coefficient (Wildman–Crippen LogP) is 1.39. The first kappa shape index (κ1) is 7.56. The summed E-state index contributed by atoms with van der Waals surface area (Å²) in [6, 6.07) is 0. The fourth-order valence-corrected chi connectivity index (χ4v) is 2.47. The van der Waals surface area contributed by atoms with Crippen molar-refractivity contribution >= 4 is 5.78 Å². The standard InChI is InChI=1S/C10H12O3/c11-7-2-1-3-8-9(7)6-4-5-12-10(6)13-8/h6,10H,1-5H2. The topological polar surface area (TPSA) is 35.5 Å². The molecule has 2 atom stereocenters. The third kappa shape index (κ3) is 0.967. The molecule has 70 valence electrons. The van der Waals surface area contributed by atoms with Gasteiger partial charge >= 0.3 is 0 Å². The van der Waals surface area contributed by atoms with Crippen LogP contribution in [-0.2, 0) is 14.3 Å². The van der Waals surface area contributed by atoms with Crippen LogP contribution < -0.4 is 0 Å². The highest BCUT2D eigenvalue weighted by Gasteiger charge is 2.44. The van der Waals surface area contributed by atoms with Crippen LogP contribution in [-0.4, -0.2) is 18.7 Å². The van der Waals surface area contributed by atoms with E-state index in [2.05, 4.69) is 0 Å². The highest BCUT2D eigenvalue weighted by atomic mass is 16.7. The van der Waals surface area contributed by atoms with Gasteiger partial charge in [-0.05, 0) is 12.8 Å². The molecule has 0 aromatic heterocycles. The lowest BCUT2D eigenvalue weighted by Gasteiger charge is -2.13. The van der Waals surface area contributed by atoms with E-state index in [4.69, 9.17) is 9.47 Å². The van der Waals surface area contributed by atoms with Gasteiger partial charge in [-0.2, -0.15) is 0 Å². The van der Waals surface area contributed by atoms with Gasteiger partial charge in [0.2, 0.25) is 6.29 Å². The monoisotopic (exact) mass is 180 g/mol. The molecule has 0 bridgehead atoms. The Labute approximate surface area is 76.7 Å². The van der Waals surface area contributed by atoms with Crippen LogP contribution in [0.2, 0.25) is 0 Å².